The molecule has 5 nitrogen and oxygen atoms in total. The van der Waals surface area contributed by atoms with Crippen LogP contribution < -0.4 is 5.76 Å². The van der Waals surface area contributed by atoms with Crippen molar-refractivity contribution in [1.82, 2.24) is 4.57 Å². The third-order valence-corrected chi connectivity index (χ3v) is 3.29. The maximum atomic E-state index is 11.9. The molecule has 1 aromatic heterocycles. The second-order valence-corrected chi connectivity index (χ2v) is 4.61. The van der Waals surface area contributed by atoms with E-state index in [1.807, 2.05) is 18.2 Å². The number of carbonyl (C=O) groups is 1. The van der Waals surface area contributed by atoms with Gasteiger partial charge in [-0.3, -0.25) is 4.57 Å². The topological polar surface area (TPSA) is 61.4 Å². The molecular weight excluding hydrogens is 270 g/mol. The number of esters is 1. The van der Waals surface area contributed by atoms with E-state index in [2.05, 4.69) is 4.74 Å². The summed E-state index contributed by atoms with van der Waals surface area (Å²) in [4.78, 5) is 23.3. The fraction of sp³-hybridized carbons (Fsp3) is 0.125. The van der Waals surface area contributed by atoms with Crippen LogP contribution in [0.3, 0.4) is 0 Å². The number of carbonyl (C=O) groups excluding carboxylic acids is 1. The molecule has 2 aromatic carbocycles. The molecule has 0 radical (unpaired) electrons. The van der Waals surface area contributed by atoms with Crippen molar-refractivity contribution in [3.8, 4) is 0 Å². The first-order valence-corrected chi connectivity index (χ1v) is 6.44. The maximum Gasteiger partial charge on any atom is 0.420 e. The van der Waals surface area contributed by atoms with Gasteiger partial charge in [-0.05, 0) is 29.8 Å². The summed E-state index contributed by atoms with van der Waals surface area (Å²) < 4.78 is 11.4. The third-order valence-electron chi connectivity index (χ3n) is 3.29. The second-order valence-electron chi connectivity index (χ2n) is 4.61. The summed E-state index contributed by atoms with van der Waals surface area (Å²) in [5.74, 6) is -0.777. The third kappa shape index (κ3) is 2.45. The van der Waals surface area contributed by atoms with Crippen molar-refractivity contribution in [1.29, 1.82) is 0 Å². The zero-order chi connectivity index (χ0) is 14.8. The molecule has 0 unspecified atom stereocenters. The molecule has 0 amide bonds. The number of benzene rings is 2. The summed E-state index contributed by atoms with van der Waals surface area (Å²) in [6.07, 6.45) is 0. The lowest BCUT2D eigenvalue weighted by Gasteiger charge is -2.04. The van der Waals surface area contributed by atoms with Crippen molar-refractivity contribution in [2.45, 2.75) is 6.54 Å². The zero-order valence-electron chi connectivity index (χ0n) is 11.4. The Kier molecular flexibility index (Phi) is 3.31. The van der Waals surface area contributed by atoms with Gasteiger partial charge in [0.2, 0.25) is 0 Å². The van der Waals surface area contributed by atoms with Crippen LogP contribution in [0.5, 0.6) is 0 Å². The van der Waals surface area contributed by atoms with Gasteiger partial charge in [0.1, 0.15) is 0 Å². The first-order chi connectivity index (χ1) is 10.2. The fourth-order valence-corrected chi connectivity index (χ4v) is 2.21. The van der Waals surface area contributed by atoms with Crippen LogP contribution in [0, 0.1) is 0 Å². The predicted octanol–water partition coefficient (Wildman–Crippen LogP) is 2.43. The van der Waals surface area contributed by atoms with Gasteiger partial charge in [0.05, 0.1) is 24.7 Å². The lowest BCUT2D eigenvalue weighted by atomic mass is 10.1. The summed E-state index contributed by atoms with van der Waals surface area (Å²) in [6.45, 7) is 0.386. The highest BCUT2D eigenvalue weighted by molar-refractivity contribution is 5.89. The number of hydrogen-bond acceptors (Lipinski definition) is 4. The maximum absolute atomic E-state index is 11.9. The van der Waals surface area contributed by atoms with E-state index in [0.29, 0.717) is 17.7 Å². The molecule has 1 heterocycles. The Hall–Kier alpha value is -2.82. The summed E-state index contributed by atoms with van der Waals surface area (Å²) in [5, 5.41) is 0. The largest absolute Gasteiger partial charge is 0.465 e. The first kappa shape index (κ1) is 13.2. The highest BCUT2D eigenvalue weighted by Gasteiger charge is 2.10. The number of oxazole rings is 1. The van der Waals surface area contributed by atoms with Crippen molar-refractivity contribution in [2.75, 3.05) is 7.11 Å². The SMILES string of the molecule is COC(=O)c1ccc(Cn2c(=O)oc3ccccc32)cc1. The standard InChI is InChI=1S/C16H13NO4/c1-20-15(18)12-8-6-11(7-9-12)10-17-13-4-2-3-5-14(13)21-16(17)19/h2-9H,10H2,1H3. The lowest BCUT2D eigenvalue weighted by Crippen LogP contribution is -2.14. The minimum Gasteiger partial charge on any atom is -0.465 e. The number of nitrogens with zero attached hydrogens (tertiary/aromatic N) is 1. The number of rotatable bonds is 3. The van der Waals surface area contributed by atoms with Gasteiger partial charge in [0.15, 0.2) is 5.58 Å². The van der Waals surface area contributed by atoms with Crippen LogP contribution in [0.1, 0.15) is 15.9 Å². The molecular formula is C16H13NO4. The number of aromatic nitrogens is 1. The lowest BCUT2D eigenvalue weighted by molar-refractivity contribution is 0.0600. The van der Waals surface area contributed by atoms with E-state index in [9.17, 15) is 9.59 Å². The zero-order valence-corrected chi connectivity index (χ0v) is 11.4. The van der Waals surface area contributed by atoms with Crippen LogP contribution in [0.15, 0.2) is 57.7 Å². The summed E-state index contributed by atoms with van der Waals surface area (Å²) in [6, 6.07) is 14.2. The average Bonchev–Trinajstić information content (AvgIpc) is 2.83. The monoisotopic (exact) mass is 283 g/mol. The van der Waals surface area contributed by atoms with Gasteiger partial charge in [-0.25, -0.2) is 9.59 Å². The Bertz CT molecular complexity index is 843. The van der Waals surface area contributed by atoms with E-state index in [4.69, 9.17) is 4.42 Å². The van der Waals surface area contributed by atoms with Crippen LogP contribution in [0.25, 0.3) is 11.1 Å². The van der Waals surface area contributed by atoms with E-state index in [-0.39, 0.29) is 5.97 Å². The number of fused-ring (bicyclic) bond motifs is 1. The van der Waals surface area contributed by atoms with Crippen molar-refractivity contribution in [3.63, 3.8) is 0 Å². The number of hydrogen-bond donors (Lipinski definition) is 0. The number of methoxy groups -OCH3 is 1. The molecule has 0 saturated carbocycles. The van der Waals surface area contributed by atoms with Crippen LogP contribution >= 0.6 is 0 Å². The highest BCUT2D eigenvalue weighted by atomic mass is 16.5. The van der Waals surface area contributed by atoms with E-state index in [1.165, 1.54) is 7.11 Å². The van der Waals surface area contributed by atoms with E-state index in [0.717, 1.165) is 11.1 Å². The molecule has 0 aliphatic heterocycles. The van der Waals surface area contributed by atoms with Gasteiger partial charge >= 0.3 is 11.7 Å². The van der Waals surface area contributed by atoms with Gasteiger partial charge < -0.3 is 9.15 Å². The van der Waals surface area contributed by atoms with Crippen molar-refractivity contribution in [3.05, 3.63) is 70.2 Å². The number of para-hydroxylation sites is 2. The van der Waals surface area contributed by atoms with Crippen LogP contribution in [0.4, 0.5) is 0 Å². The molecule has 106 valence electrons. The van der Waals surface area contributed by atoms with Crippen molar-refractivity contribution in [2.24, 2.45) is 0 Å². The Morgan fingerprint density at radius 1 is 1.14 bits per heavy atom. The summed E-state index contributed by atoms with van der Waals surface area (Å²) >= 11 is 0. The molecule has 0 bridgehead atoms. The number of ether oxygens (including phenoxy) is 1. The molecule has 5 heteroatoms. The van der Waals surface area contributed by atoms with E-state index in [1.54, 1.807) is 34.9 Å². The molecule has 0 atom stereocenters. The Morgan fingerprint density at radius 3 is 2.57 bits per heavy atom. The van der Waals surface area contributed by atoms with E-state index < -0.39 is 5.76 Å². The van der Waals surface area contributed by atoms with Crippen molar-refractivity contribution < 1.29 is 13.9 Å². The van der Waals surface area contributed by atoms with Crippen LogP contribution in [-0.2, 0) is 11.3 Å². The molecule has 0 aliphatic rings. The normalized spacial score (nSPS) is 10.7. The van der Waals surface area contributed by atoms with Crippen molar-refractivity contribution >= 4 is 17.1 Å². The van der Waals surface area contributed by atoms with Gasteiger partial charge in [-0.1, -0.05) is 24.3 Å². The van der Waals surface area contributed by atoms with Gasteiger partial charge in [0.25, 0.3) is 0 Å². The van der Waals surface area contributed by atoms with Gasteiger partial charge in [-0.15, -0.1) is 0 Å². The summed E-state index contributed by atoms with van der Waals surface area (Å²) in [7, 11) is 1.34. The quantitative estimate of drug-likeness (QED) is 0.693. The summed E-state index contributed by atoms with van der Waals surface area (Å²) in [5.41, 5.74) is 2.69. The second kappa shape index (κ2) is 5.28. The molecule has 21 heavy (non-hydrogen) atoms. The Balaban J connectivity index is 1.94. The molecule has 0 spiro atoms. The molecule has 3 aromatic rings. The molecule has 0 fully saturated rings. The van der Waals surface area contributed by atoms with Gasteiger partial charge in [-0.2, -0.15) is 0 Å². The first-order valence-electron chi connectivity index (χ1n) is 6.44. The molecule has 0 saturated heterocycles. The fourth-order valence-electron chi connectivity index (χ4n) is 2.21. The molecule has 0 aliphatic carbocycles. The minimum absolute atomic E-state index is 0.382. The van der Waals surface area contributed by atoms with Crippen LogP contribution in [-0.4, -0.2) is 17.6 Å². The van der Waals surface area contributed by atoms with Crippen LogP contribution in [0.2, 0.25) is 0 Å². The Labute approximate surface area is 120 Å². The molecule has 0 N–H and O–H groups in total. The predicted molar refractivity (Wildman–Crippen MR) is 77.4 cm³/mol. The highest BCUT2D eigenvalue weighted by Crippen LogP contribution is 2.14. The van der Waals surface area contributed by atoms with Gasteiger partial charge in [0, 0.05) is 0 Å². The van der Waals surface area contributed by atoms with E-state index >= 15 is 0 Å². The Morgan fingerprint density at radius 2 is 1.86 bits per heavy atom. The molecule has 3 rings (SSSR count). The smallest absolute Gasteiger partial charge is 0.420 e. The average molecular weight is 283 g/mol. The minimum atomic E-state index is -0.395.